The molecule has 0 bridgehead atoms. The number of hydrogen-bond acceptors (Lipinski definition) is 6. The predicted molar refractivity (Wildman–Crippen MR) is 96.6 cm³/mol. The van der Waals surface area contributed by atoms with Crippen LogP contribution in [0.4, 0.5) is 0 Å². The minimum atomic E-state index is -4.92. The van der Waals surface area contributed by atoms with E-state index in [1.165, 1.54) is 19.3 Å². The molecule has 0 aromatic carbocycles. The fraction of sp³-hybridized carbons (Fsp3) is 0.833. The monoisotopic (exact) mass is 400 g/mol. The van der Waals surface area contributed by atoms with Crippen molar-refractivity contribution in [2.24, 2.45) is 0 Å². The summed E-state index contributed by atoms with van der Waals surface area (Å²) in [4.78, 5) is 11.0. The van der Waals surface area contributed by atoms with Gasteiger partial charge in [0.15, 0.2) is 0 Å². The second kappa shape index (κ2) is 18.4. The molecule has 6 nitrogen and oxygen atoms in total. The molecule has 0 aromatic heterocycles. The van der Waals surface area contributed by atoms with Gasteiger partial charge in [-0.25, -0.2) is 8.42 Å². The molecule has 0 aromatic rings. The van der Waals surface area contributed by atoms with Crippen LogP contribution in [-0.2, 0) is 19.4 Å². The van der Waals surface area contributed by atoms with Crippen LogP contribution in [0.15, 0.2) is 12.2 Å². The standard InChI is InChI=1S/C18H34O6S.Na/c1-2-3-4-11-14-17(19)15-12-9-7-5-6-8-10-13-16-18(20)24-25(21,22)23;/h9,12,17,19H,2-8,10-11,13-16H2,1H3,(H,21,22,23);/q;+1/p-1/b12-9+;. The van der Waals surface area contributed by atoms with E-state index < -0.39 is 16.4 Å². The first-order valence-electron chi connectivity index (χ1n) is 9.36. The molecule has 0 radical (unpaired) electrons. The van der Waals surface area contributed by atoms with Crippen LogP contribution >= 0.6 is 0 Å². The van der Waals surface area contributed by atoms with Gasteiger partial charge in [-0.15, -0.1) is 0 Å². The zero-order valence-electron chi connectivity index (χ0n) is 16.3. The average Bonchev–Trinajstić information content (AvgIpc) is 2.51. The molecule has 0 aliphatic rings. The summed E-state index contributed by atoms with van der Waals surface area (Å²) in [6.45, 7) is 2.18. The number of rotatable bonds is 16. The topological polar surface area (TPSA) is 104 Å². The number of hydrogen-bond donors (Lipinski definition) is 1. The van der Waals surface area contributed by atoms with Crippen LogP contribution in [0.5, 0.6) is 0 Å². The van der Waals surface area contributed by atoms with E-state index in [1.807, 2.05) is 6.08 Å². The second-order valence-electron chi connectivity index (χ2n) is 6.38. The number of aliphatic hydroxyl groups excluding tert-OH is 1. The number of carbonyl (C=O) groups excluding carboxylic acids is 1. The van der Waals surface area contributed by atoms with Crippen LogP contribution < -0.4 is 29.6 Å². The van der Waals surface area contributed by atoms with Gasteiger partial charge in [-0.3, -0.25) is 4.79 Å². The van der Waals surface area contributed by atoms with Crippen LogP contribution in [0.3, 0.4) is 0 Å². The maximum absolute atomic E-state index is 11.0. The van der Waals surface area contributed by atoms with Crippen LogP contribution in [-0.4, -0.2) is 30.2 Å². The normalized spacial score (nSPS) is 12.7. The Kier molecular flexibility index (Phi) is 20.1. The molecular weight excluding hydrogens is 367 g/mol. The molecule has 0 aliphatic carbocycles. The summed E-state index contributed by atoms with van der Waals surface area (Å²) < 4.78 is 34.3. The maximum atomic E-state index is 11.0. The van der Waals surface area contributed by atoms with Crippen molar-refractivity contribution in [3.05, 3.63) is 12.2 Å². The molecule has 0 fully saturated rings. The number of unbranched alkanes of at least 4 members (excludes halogenated alkanes) is 8. The quantitative estimate of drug-likeness (QED) is 0.136. The van der Waals surface area contributed by atoms with Gasteiger partial charge in [0.05, 0.1) is 6.10 Å². The number of aliphatic hydroxyl groups is 1. The molecular formula is C18H33NaO6S. The Balaban J connectivity index is 0. The minimum Gasteiger partial charge on any atom is -0.716 e. The summed E-state index contributed by atoms with van der Waals surface area (Å²) in [6.07, 6.45) is 15.5. The molecule has 0 saturated heterocycles. The van der Waals surface area contributed by atoms with Crippen molar-refractivity contribution in [2.75, 3.05) is 0 Å². The van der Waals surface area contributed by atoms with E-state index in [2.05, 4.69) is 17.2 Å². The Hall–Kier alpha value is 0.0800. The molecule has 0 saturated carbocycles. The van der Waals surface area contributed by atoms with Crippen molar-refractivity contribution >= 4 is 16.4 Å². The van der Waals surface area contributed by atoms with Crippen molar-refractivity contribution < 1.29 is 56.6 Å². The largest absolute Gasteiger partial charge is 1.00 e. The Morgan fingerprint density at radius 1 is 1.04 bits per heavy atom. The molecule has 0 amide bonds. The van der Waals surface area contributed by atoms with Crippen molar-refractivity contribution in [2.45, 2.75) is 96.5 Å². The van der Waals surface area contributed by atoms with Crippen molar-refractivity contribution in [3.63, 3.8) is 0 Å². The van der Waals surface area contributed by atoms with Crippen LogP contribution in [0.25, 0.3) is 0 Å². The SMILES string of the molecule is CCCCCCC(O)C/C=C/CCCCCCCC(=O)OS(=O)(=O)[O-].[Na+]. The zero-order valence-corrected chi connectivity index (χ0v) is 19.1. The molecule has 1 unspecified atom stereocenters. The van der Waals surface area contributed by atoms with E-state index in [0.29, 0.717) is 6.42 Å². The minimum absolute atomic E-state index is 0. The summed E-state index contributed by atoms with van der Waals surface area (Å²) in [6, 6.07) is 0. The summed E-state index contributed by atoms with van der Waals surface area (Å²) >= 11 is 0. The first kappa shape index (κ1) is 28.3. The first-order chi connectivity index (χ1) is 11.8. The third kappa shape index (κ3) is 22.1. The van der Waals surface area contributed by atoms with Gasteiger partial charge in [-0.05, 0) is 32.1 Å². The molecule has 0 aliphatic heterocycles. The predicted octanol–water partition coefficient (Wildman–Crippen LogP) is 1.00. The van der Waals surface area contributed by atoms with Crippen LogP contribution in [0.1, 0.15) is 90.4 Å². The van der Waals surface area contributed by atoms with Gasteiger partial charge < -0.3 is 13.8 Å². The summed E-state index contributed by atoms with van der Waals surface area (Å²) in [5.74, 6) is -0.980. The third-order valence-electron chi connectivity index (χ3n) is 3.91. The number of allylic oxidation sites excluding steroid dienone is 1. The molecule has 148 valence electrons. The summed E-state index contributed by atoms with van der Waals surface area (Å²) in [7, 11) is -4.92. The van der Waals surface area contributed by atoms with E-state index >= 15 is 0 Å². The Labute approximate surface area is 181 Å². The molecule has 26 heavy (non-hydrogen) atoms. The Morgan fingerprint density at radius 3 is 2.31 bits per heavy atom. The van der Waals surface area contributed by atoms with Gasteiger partial charge in [-0.1, -0.05) is 64.0 Å². The van der Waals surface area contributed by atoms with Crippen LogP contribution in [0, 0.1) is 0 Å². The van der Waals surface area contributed by atoms with Gasteiger partial charge >= 0.3 is 35.5 Å². The van der Waals surface area contributed by atoms with E-state index in [1.54, 1.807) is 0 Å². The molecule has 0 heterocycles. The Morgan fingerprint density at radius 2 is 1.65 bits per heavy atom. The van der Waals surface area contributed by atoms with E-state index in [-0.39, 0.29) is 42.1 Å². The summed E-state index contributed by atoms with van der Waals surface area (Å²) in [5.41, 5.74) is 0. The molecule has 1 atom stereocenters. The van der Waals surface area contributed by atoms with Crippen molar-refractivity contribution in [3.8, 4) is 0 Å². The van der Waals surface area contributed by atoms with Gasteiger partial charge in [0.1, 0.15) is 0 Å². The molecule has 8 heteroatoms. The molecule has 0 spiro atoms. The second-order valence-corrected chi connectivity index (χ2v) is 7.36. The first-order valence-corrected chi connectivity index (χ1v) is 10.7. The third-order valence-corrected chi connectivity index (χ3v) is 4.30. The average molecular weight is 401 g/mol. The van der Waals surface area contributed by atoms with Crippen molar-refractivity contribution in [1.29, 1.82) is 0 Å². The smallest absolute Gasteiger partial charge is 0.716 e. The van der Waals surface area contributed by atoms with Gasteiger partial charge in [-0.2, -0.15) is 0 Å². The van der Waals surface area contributed by atoms with Gasteiger partial charge in [0.25, 0.3) is 10.4 Å². The Bertz CT molecular complexity index is 464. The zero-order chi connectivity index (χ0) is 19.0. The van der Waals surface area contributed by atoms with Gasteiger partial charge in [0, 0.05) is 6.42 Å². The number of carbonyl (C=O) groups is 1. The van der Waals surface area contributed by atoms with Gasteiger partial charge in [0.2, 0.25) is 0 Å². The summed E-state index contributed by atoms with van der Waals surface area (Å²) in [5, 5.41) is 9.82. The van der Waals surface area contributed by atoms with Crippen molar-refractivity contribution in [1.82, 2.24) is 0 Å². The maximum Gasteiger partial charge on any atom is 1.00 e. The van der Waals surface area contributed by atoms with E-state index in [4.69, 9.17) is 0 Å². The molecule has 1 N–H and O–H groups in total. The fourth-order valence-electron chi connectivity index (χ4n) is 2.51. The fourth-order valence-corrected chi connectivity index (χ4v) is 2.82. The van der Waals surface area contributed by atoms with E-state index in [9.17, 15) is 22.9 Å². The van der Waals surface area contributed by atoms with Crippen LogP contribution in [0.2, 0.25) is 0 Å². The molecule has 0 rings (SSSR count). The van der Waals surface area contributed by atoms with E-state index in [0.717, 1.165) is 51.4 Å².